The van der Waals surface area contributed by atoms with E-state index in [1.54, 1.807) is 11.3 Å². The number of benzene rings is 9. The lowest BCUT2D eigenvalue weighted by Crippen LogP contribution is -1.94. The molecule has 0 aliphatic rings. The van der Waals surface area contributed by atoms with Crippen molar-refractivity contribution >= 4 is 63.1 Å². The Morgan fingerprint density at radius 1 is 0.290 bits per heavy atom. The maximum absolute atomic E-state index is 5.29. The van der Waals surface area contributed by atoms with Crippen molar-refractivity contribution in [2.45, 2.75) is 0 Å². The minimum atomic E-state index is 0.722. The van der Waals surface area contributed by atoms with E-state index in [9.17, 15) is 0 Å². The molecule has 0 atom stereocenters. The van der Waals surface area contributed by atoms with E-state index < -0.39 is 0 Å². The molecule has 0 aliphatic carbocycles. The lowest BCUT2D eigenvalue weighted by Gasteiger charge is -2.20. The highest BCUT2D eigenvalue weighted by Gasteiger charge is 2.20. The molecule has 0 unspecified atom stereocenters. The Kier molecular flexibility index (Phi) is 8.91. The highest BCUT2D eigenvalue weighted by atomic mass is 32.1. The van der Waals surface area contributed by atoms with E-state index in [0.29, 0.717) is 0 Å². The van der Waals surface area contributed by atoms with Gasteiger partial charge < -0.3 is 0 Å². The van der Waals surface area contributed by atoms with Crippen molar-refractivity contribution in [2.24, 2.45) is 0 Å². The smallest absolute Gasteiger partial charge is 0.160 e. The second kappa shape index (κ2) is 15.2. The molecule has 0 amide bonds. The fourth-order valence-electron chi connectivity index (χ4n) is 8.92. The third-order valence-electron chi connectivity index (χ3n) is 11.9. The van der Waals surface area contributed by atoms with Crippen molar-refractivity contribution < 1.29 is 0 Å². The first-order chi connectivity index (χ1) is 30.7. The third kappa shape index (κ3) is 6.40. The molecule has 3 heterocycles. The van der Waals surface area contributed by atoms with E-state index in [0.717, 1.165) is 54.9 Å². The quantitative estimate of drug-likeness (QED) is 0.160. The molecule has 0 radical (unpaired) electrons. The van der Waals surface area contributed by atoms with E-state index in [1.807, 2.05) is 11.3 Å². The predicted octanol–water partition coefficient (Wildman–Crippen LogP) is 16.9. The lowest BCUT2D eigenvalue weighted by atomic mass is 9.84. The van der Waals surface area contributed by atoms with Gasteiger partial charge in [0.05, 0.1) is 15.9 Å². The molecule has 290 valence electrons. The monoisotopic (exact) mass is 824 g/mol. The van der Waals surface area contributed by atoms with Crippen molar-refractivity contribution in [2.75, 3.05) is 0 Å². The van der Waals surface area contributed by atoms with Crippen LogP contribution in [-0.4, -0.2) is 9.97 Å². The molecular weight excluding hydrogens is 789 g/mol. The fraction of sp³-hybridized carbons (Fsp3) is 0. The summed E-state index contributed by atoms with van der Waals surface area (Å²) in [6.07, 6.45) is 0. The number of aromatic nitrogens is 2. The molecule has 0 bridgehead atoms. The van der Waals surface area contributed by atoms with Gasteiger partial charge in [-0.3, -0.25) is 0 Å². The second-order valence-corrected chi connectivity index (χ2v) is 17.8. The molecule has 0 spiro atoms. The van der Waals surface area contributed by atoms with Crippen LogP contribution in [0.5, 0.6) is 0 Å². The van der Waals surface area contributed by atoms with Gasteiger partial charge in [0.25, 0.3) is 0 Å². The van der Waals surface area contributed by atoms with E-state index in [1.165, 1.54) is 63.8 Å². The number of rotatable bonds is 7. The standard InChI is InChI=1S/C58H36N2S2/c1-4-16-37(17-5-1)45-35-48(54(38-18-6-2-7-19-38)49(36-45)43-30-31-53-50(34-43)46-26-10-12-28-51(46)61-53)42-24-14-22-40(32-42)41-23-15-25-44(33-41)58-59-55(39-20-8-3-9-21-39)57-56(60-58)47-27-11-13-29-52(47)62-57/h1-36H. The first kappa shape index (κ1) is 36.4. The zero-order valence-electron chi connectivity index (χ0n) is 33.5. The van der Waals surface area contributed by atoms with Gasteiger partial charge in [0, 0.05) is 41.4 Å². The zero-order valence-corrected chi connectivity index (χ0v) is 35.1. The Hall–Kier alpha value is -7.50. The normalized spacial score (nSPS) is 11.5. The van der Waals surface area contributed by atoms with E-state index in [-0.39, 0.29) is 0 Å². The van der Waals surface area contributed by atoms with Crippen molar-refractivity contribution in [3.8, 4) is 78.3 Å². The zero-order chi connectivity index (χ0) is 41.0. The van der Waals surface area contributed by atoms with Crippen LogP contribution in [0.3, 0.4) is 0 Å². The number of thiophene rings is 2. The van der Waals surface area contributed by atoms with Gasteiger partial charge in [-0.05, 0) is 104 Å². The molecule has 62 heavy (non-hydrogen) atoms. The van der Waals surface area contributed by atoms with Crippen LogP contribution in [0.25, 0.3) is 119 Å². The number of hydrogen-bond donors (Lipinski definition) is 0. The van der Waals surface area contributed by atoms with Gasteiger partial charge in [-0.15, -0.1) is 22.7 Å². The molecule has 0 fully saturated rings. The third-order valence-corrected chi connectivity index (χ3v) is 14.2. The number of nitrogens with zero attached hydrogens (tertiary/aromatic N) is 2. The first-order valence-electron chi connectivity index (χ1n) is 20.9. The summed E-state index contributed by atoms with van der Waals surface area (Å²) in [6.45, 7) is 0. The minimum absolute atomic E-state index is 0.722. The first-order valence-corrected chi connectivity index (χ1v) is 22.5. The summed E-state index contributed by atoms with van der Waals surface area (Å²) in [5.74, 6) is 0.722. The van der Waals surface area contributed by atoms with Crippen LogP contribution < -0.4 is 0 Å². The van der Waals surface area contributed by atoms with Crippen molar-refractivity contribution in [1.82, 2.24) is 9.97 Å². The summed E-state index contributed by atoms with van der Waals surface area (Å²) in [7, 11) is 0. The van der Waals surface area contributed by atoms with Gasteiger partial charge in [-0.1, -0.05) is 170 Å². The van der Waals surface area contributed by atoms with Crippen LogP contribution >= 0.6 is 22.7 Å². The average molecular weight is 825 g/mol. The van der Waals surface area contributed by atoms with Crippen LogP contribution in [0, 0.1) is 0 Å². The van der Waals surface area contributed by atoms with Gasteiger partial charge in [-0.2, -0.15) is 0 Å². The fourth-order valence-corrected chi connectivity index (χ4v) is 11.2. The predicted molar refractivity (Wildman–Crippen MR) is 266 cm³/mol. The minimum Gasteiger partial charge on any atom is -0.226 e. The molecule has 12 rings (SSSR count). The molecule has 3 aromatic heterocycles. The maximum atomic E-state index is 5.29. The van der Waals surface area contributed by atoms with Gasteiger partial charge in [-0.25, -0.2) is 9.97 Å². The highest BCUT2D eigenvalue weighted by Crippen LogP contribution is 2.46. The van der Waals surface area contributed by atoms with Crippen molar-refractivity contribution in [1.29, 1.82) is 0 Å². The van der Waals surface area contributed by atoms with Gasteiger partial charge >= 0.3 is 0 Å². The van der Waals surface area contributed by atoms with E-state index in [2.05, 4.69) is 218 Å². The highest BCUT2D eigenvalue weighted by molar-refractivity contribution is 7.26. The molecule has 12 aromatic rings. The molecule has 4 heteroatoms. The largest absolute Gasteiger partial charge is 0.226 e. The van der Waals surface area contributed by atoms with Crippen LogP contribution in [0.2, 0.25) is 0 Å². The summed E-state index contributed by atoms with van der Waals surface area (Å²) in [6, 6.07) is 78.9. The topological polar surface area (TPSA) is 25.8 Å². The van der Waals surface area contributed by atoms with Crippen LogP contribution in [0.4, 0.5) is 0 Å². The molecule has 0 saturated heterocycles. The van der Waals surface area contributed by atoms with Crippen LogP contribution in [0.15, 0.2) is 218 Å². The number of fused-ring (bicyclic) bond motifs is 6. The van der Waals surface area contributed by atoms with Gasteiger partial charge in [0.15, 0.2) is 5.82 Å². The number of hydrogen-bond acceptors (Lipinski definition) is 4. The molecular formula is C58H36N2S2. The Morgan fingerprint density at radius 3 is 1.52 bits per heavy atom. The molecule has 2 nitrogen and oxygen atoms in total. The van der Waals surface area contributed by atoms with Crippen molar-refractivity contribution in [3.05, 3.63) is 218 Å². The summed E-state index contributed by atoms with van der Waals surface area (Å²) < 4.78 is 4.94. The summed E-state index contributed by atoms with van der Waals surface area (Å²) in [5, 5.41) is 3.75. The Balaban J connectivity index is 1.04. The molecule has 0 aliphatic heterocycles. The van der Waals surface area contributed by atoms with Gasteiger partial charge in [0.1, 0.15) is 0 Å². The second-order valence-electron chi connectivity index (χ2n) is 15.7. The maximum Gasteiger partial charge on any atom is 0.160 e. The van der Waals surface area contributed by atoms with Crippen LogP contribution in [0.1, 0.15) is 0 Å². The van der Waals surface area contributed by atoms with Gasteiger partial charge in [0.2, 0.25) is 0 Å². The molecule has 0 N–H and O–H groups in total. The lowest BCUT2D eigenvalue weighted by molar-refractivity contribution is 1.24. The van der Waals surface area contributed by atoms with Crippen LogP contribution in [-0.2, 0) is 0 Å². The SMILES string of the molecule is c1ccc(-c2cc(-c3cccc(-c4cccc(-c5nc(-c6ccccc6)c6sc7ccccc7c6n5)c4)c3)c(-c3ccccc3)c(-c3ccc4sc5ccccc5c4c3)c2)cc1. The van der Waals surface area contributed by atoms with E-state index in [4.69, 9.17) is 9.97 Å². The Morgan fingerprint density at radius 2 is 0.806 bits per heavy atom. The Labute approximate surface area is 367 Å². The Bertz CT molecular complexity index is 3630. The average Bonchev–Trinajstić information content (AvgIpc) is 3.92. The van der Waals surface area contributed by atoms with E-state index >= 15 is 0 Å². The molecule has 9 aromatic carbocycles. The summed E-state index contributed by atoms with van der Waals surface area (Å²) >= 11 is 3.62. The van der Waals surface area contributed by atoms with Crippen molar-refractivity contribution in [3.63, 3.8) is 0 Å². The summed E-state index contributed by atoms with van der Waals surface area (Å²) in [4.78, 5) is 10.6. The summed E-state index contributed by atoms with van der Waals surface area (Å²) in [5.41, 5.74) is 15.8. The molecule has 0 saturated carbocycles.